The lowest BCUT2D eigenvalue weighted by atomic mass is 10.1. The number of nitro groups is 1. The molecule has 0 bridgehead atoms. The van der Waals surface area contributed by atoms with Crippen molar-refractivity contribution >= 4 is 23.1 Å². The number of nitrogens with zero attached hydrogens (tertiary/aromatic N) is 1. The van der Waals surface area contributed by atoms with Crippen LogP contribution in [0, 0.1) is 17.0 Å². The molecule has 0 radical (unpaired) electrons. The molecule has 0 aliphatic carbocycles. The molecule has 0 atom stereocenters. The van der Waals surface area contributed by atoms with Crippen molar-refractivity contribution in [2.75, 3.05) is 0 Å². The molecule has 0 unspecified atom stereocenters. The molecule has 0 saturated heterocycles. The standard InChI is InChI=1S/C15H12ClNO4/c1-9-3-4-11(16)7-15(9)21-14-6-5-12(17(19)20)8-13(14)10(2)18/h3-8H,1-2H3. The van der Waals surface area contributed by atoms with Crippen molar-refractivity contribution in [1.82, 2.24) is 0 Å². The van der Waals surface area contributed by atoms with Crippen molar-refractivity contribution < 1.29 is 14.5 Å². The maximum absolute atomic E-state index is 11.7. The summed E-state index contributed by atoms with van der Waals surface area (Å²) in [5, 5.41) is 11.3. The van der Waals surface area contributed by atoms with Gasteiger partial charge in [-0.15, -0.1) is 0 Å². The Labute approximate surface area is 126 Å². The molecule has 0 heterocycles. The number of ketones is 1. The number of benzene rings is 2. The lowest BCUT2D eigenvalue weighted by Crippen LogP contribution is -2.00. The van der Waals surface area contributed by atoms with Gasteiger partial charge in [-0.3, -0.25) is 14.9 Å². The van der Waals surface area contributed by atoms with Crippen LogP contribution in [0.25, 0.3) is 0 Å². The van der Waals surface area contributed by atoms with Gasteiger partial charge < -0.3 is 4.74 Å². The van der Waals surface area contributed by atoms with Crippen LogP contribution in [0.5, 0.6) is 11.5 Å². The van der Waals surface area contributed by atoms with Gasteiger partial charge >= 0.3 is 0 Å². The van der Waals surface area contributed by atoms with Crippen LogP contribution >= 0.6 is 11.6 Å². The molecule has 0 fully saturated rings. The Morgan fingerprint density at radius 2 is 1.90 bits per heavy atom. The molecule has 2 aromatic rings. The van der Waals surface area contributed by atoms with E-state index in [1.54, 1.807) is 18.2 Å². The van der Waals surface area contributed by atoms with Crippen LogP contribution in [0.2, 0.25) is 5.02 Å². The Morgan fingerprint density at radius 3 is 2.52 bits per heavy atom. The lowest BCUT2D eigenvalue weighted by Gasteiger charge is -2.11. The number of carbonyl (C=O) groups excluding carboxylic acids is 1. The fraction of sp³-hybridized carbons (Fsp3) is 0.133. The van der Waals surface area contributed by atoms with Crippen molar-refractivity contribution in [2.24, 2.45) is 0 Å². The maximum Gasteiger partial charge on any atom is 0.270 e. The third kappa shape index (κ3) is 3.38. The number of hydrogen-bond donors (Lipinski definition) is 0. The van der Waals surface area contributed by atoms with Gasteiger partial charge in [0.1, 0.15) is 11.5 Å². The van der Waals surface area contributed by atoms with Crippen LogP contribution < -0.4 is 4.74 Å². The van der Waals surface area contributed by atoms with E-state index in [9.17, 15) is 14.9 Å². The van der Waals surface area contributed by atoms with Gasteiger partial charge in [-0.25, -0.2) is 0 Å². The Bertz CT molecular complexity index is 728. The van der Waals surface area contributed by atoms with E-state index < -0.39 is 4.92 Å². The van der Waals surface area contributed by atoms with Crippen molar-refractivity contribution in [3.8, 4) is 11.5 Å². The topological polar surface area (TPSA) is 69.4 Å². The Balaban J connectivity index is 2.46. The lowest BCUT2D eigenvalue weighted by molar-refractivity contribution is -0.384. The molecule has 0 spiro atoms. The highest BCUT2D eigenvalue weighted by Crippen LogP contribution is 2.32. The summed E-state index contributed by atoms with van der Waals surface area (Å²) in [5.41, 5.74) is 0.839. The first-order valence-corrected chi connectivity index (χ1v) is 6.49. The van der Waals surface area contributed by atoms with Gasteiger partial charge in [-0.05, 0) is 37.6 Å². The van der Waals surface area contributed by atoms with Gasteiger partial charge in [0.15, 0.2) is 5.78 Å². The zero-order chi connectivity index (χ0) is 15.6. The van der Waals surface area contributed by atoms with Gasteiger partial charge in [0.05, 0.1) is 10.5 Å². The molecule has 0 N–H and O–H groups in total. The van der Waals surface area contributed by atoms with Crippen molar-refractivity contribution in [1.29, 1.82) is 0 Å². The Morgan fingerprint density at radius 1 is 1.19 bits per heavy atom. The molecule has 108 valence electrons. The van der Waals surface area contributed by atoms with Crippen LogP contribution in [-0.2, 0) is 0 Å². The van der Waals surface area contributed by atoms with Crippen molar-refractivity contribution in [2.45, 2.75) is 13.8 Å². The fourth-order valence-electron chi connectivity index (χ4n) is 1.80. The monoisotopic (exact) mass is 305 g/mol. The molecule has 0 saturated carbocycles. The largest absolute Gasteiger partial charge is 0.456 e. The maximum atomic E-state index is 11.7. The highest BCUT2D eigenvalue weighted by Gasteiger charge is 2.16. The smallest absolute Gasteiger partial charge is 0.270 e. The number of rotatable bonds is 4. The third-order valence-corrected chi connectivity index (χ3v) is 3.16. The second kappa shape index (κ2) is 5.93. The van der Waals surface area contributed by atoms with E-state index in [1.165, 1.54) is 25.1 Å². The van der Waals surface area contributed by atoms with Gasteiger partial charge in [0, 0.05) is 17.2 Å². The molecule has 5 nitrogen and oxygen atoms in total. The molecule has 21 heavy (non-hydrogen) atoms. The summed E-state index contributed by atoms with van der Waals surface area (Å²) >= 11 is 5.92. The van der Waals surface area contributed by atoms with Gasteiger partial charge in [-0.2, -0.15) is 0 Å². The molecule has 6 heteroatoms. The fourth-order valence-corrected chi connectivity index (χ4v) is 1.96. The Kier molecular flexibility index (Phi) is 4.23. The quantitative estimate of drug-likeness (QED) is 0.472. The summed E-state index contributed by atoms with van der Waals surface area (Å²) in [6, 6.07) is 9.05. The number of ether oxygens (including phenoxy) is 1. The predicted molar refractivity (Wildman–Crippen MR) is 79.4 cm³/mol. The molecular weight excluding hydrogens is 294 g/mol. The summed E-state index contributed by atoms with van der Waals surface area (Å²) < 4.78 is 5.69. The number of non-ortho nitro benzene ring substituents is 1. The number of Topliss-reactive ketones (excluding diaryl/α,β-unsaturated/α-hetero) is 1. The zero-order valence-corrected chi connectivity index (χ0v) is 12.2. The second-order valence-electron chi connectivity index (χ2n) is 4.51. The summed E-state index contributed by atoms with van der Waals surface area (Å²) in [4.78, 5) is 21.9. The first-order chi connectivity index (χ1) is 9.88. The van der Waals surface area contributed by atoms with Crippen molar-refractivity contribution in [3.63, 3.8) is 0 Å². The van der Waals surface area contributed by atoms with Gasteiger partial charge in [-0.1, -0.05) is 17.7 Å². The molecule has 0 aromatic heterocycles. The molecule has 0 amide bonds. The minimum absolute atomic E-state index is 0.156. The van der Waals surface area contributed by atoms with E-state index in [0.29, 0.717) is 10.8 Å². The minimum atomic E-state index is -0.555. The first kappa shape index (κ1) is 15.0. The molecule has 2 rings (SSSR count). The van der Waals surface area contributed by atoms with E-state index in [0.717, 1.165) is 5.56 Å². The average Bonchev–Trinajstić information content (AvgIpc) is 2.42. The second-order valence-corrected chi connectivity index (χ2v) is 4.94. The number of carbonyl (C=O) groups is 1. The highest BCUT2D eigenvalue weighted by atomic mass is 35.5. The van der Waals surface area contributed by atoms with E-state index in [2.05, 4.69) is 0 Å². The van der Waals surface area contributed by atoms with Crippen molar-refractivity contribution in [3.05, 3.63) is 62.7 Å². The summed E-state index contributed by atoms with van der Waals surface area (Å²) in [5.74, 6) is 0.450. The normalized spacial score (nSPS) is 10.2. The average molecular weight is 306 g/mol. The molecule has 0 aliphatic heterocycles. The highest BCUT2D eigenvalue weighted by molar-refractivity contribution is 6.30. The first-order valence-electron chi connectivity index (χ1n) is 6.12. The van der Waals surface area contributed by atoms with Gasteiger partial charge in [0.2, 0.25) is 0 Å². The zero-order valence-electron chi connectivity index (χ0n) is 11.4. The number of nitro benzene ring substituents is 1. The molecule has 0 aliphatic rings. The van der Waals surface area contributed by atoms with Crippen LogP contribution in [0.4, 0.5) is 5.69 Å². The number of aryl methyl sites for hydroxylation is 1. The Hall–Kier alpha value is -2.40. The third-order valence-electron chi connectivity index (χ3n) is 2.92. The van der Waals surface area contributed by atoms with E-state index in [4.69, 9.17) is 16.3 Å². The minimum Gasteiger partial charge on any atom is -0.456 e. The van der Waals surface area contributed by atoms with Crippen LogP contribution in [0.3, 0.4) is 0 Å². The van der Waals surface area contributed by atoms with Crippen LogP contribution in [0.15, 0.2) is 36.4 Å². The van der Waals surface area contributed by atoms with E-state index in [1.807, 2.05) is 6.92 Å². The van der Waals surface area contributed by atoms with Gasteiger partial charge in [0.25, 0.3) is 5.69 Å². The SMILES string of the molecule is CC(=O)c1cc([N+](=O)[O-])ccc1Oc1cc(Cl)ccc1C. The summed E-state index contributed by atoms with van der Waals surface area (Å²) in [6.07, 6.45) is 0. The summed E-state index contributed by atoms with van der Waals surface area (Å²) in [7, 11) is 0. The number of halogens is 1. The van der Waals surface area contributed by atoms with Crippen LogP contribution in [0.1, 0.15) is 22.8 Å². The van der Waals surface area contributed by atoms with E-state index in [-0.39, 0.29) is 22.8 Å². The predicted octanol–water partition coefficient (Wildman–Crippen LogP) is 4.55. The summed E-state index contributed by atoms with van der Waals surface area (Å²) in [6.45, 7) is 3.17. The number of hydrogen-bond acceptors (Lipinski definition) is 4. The molecule has 2 aromatic carbocycles. The van der Waals surface area contributed by atoms with E-state index >= 15 is 0 Å². The molecular formula is C15H12ClNO4. The van der Waals surface area contributed by atoms with Crippen LogP contribution in [-0.4, -0.2) is 10.7 Å².